The summed E-state index contributed by atoms with van der Waals surface area (Å²) < 4.78 is 27.6. The Morgan fingerprint density at radius 1 is 1.18 bits per heavy atom. The minimum Gasteiger partial charge on any atom is -0.397 e. The number of pyridine rings is 1. The number of nitrogens with two attached hydrogens (primary N) is 1. The fourth-order valence-corrected chi connectivity index (χ4v) is 1.80. The molecule has 0 saturated heterocycles. The average Bonchev–Trinajstić information content (AvgIpc) is 2.29. The monoisotopic (exact) mass is 298 g/mol. The maximum absolute atomic E-state index is 13.8. The van der Waals surface area contributed by atoms with Crippen molar-refractivity contribution < 1.29 is 8.78 Å². The van der Waals surface area contributed by atoms with Crippen LogP contribution < -0.4 is 5.73 Å². The summed E-state index contributed by atoms with van der Waals surface area (Å²) in [4.78, 5) is 4.08. The molecule has 2 aromatic rings. The number of hydrogen-bond acceptors (Lipinski definition) is 2. The number of nitrogen functional groups attached to an aromatic ring is 1. The molecule has 2 N–H and O–H groups in total. The molecule has 1 aromatic heterocycles. The first-order valence-corrected chi connectivity index (χ1v) is 5.67. The second-order valence-corrected chi connectivity index (χ2v) is 4.44. The van der Waals surface area contributed by atoms with Crippen molar-refractivity contribution in [3.63, 3.8) is 0 Å². The first kappa shape index (κ1) is 12.0. The van der Waals surface area contributed by atoms with Gasteiger partial charge in [0.05, 0.1) is 27.1 Å². The fourth-order valence-electron chi connectivity index (χ4n) is 1.47. The predicted octanol–water partition coefficient (Wildman–Crippen LogP) is 3.68. The van der Waals surface area contributed by atoms with E-state index >= 15 is 0 Å². The highest BCUT2D eigenvalue weighted by Crippen LogP contribution is 2.30. The van der Waals surface area contributed by atoms with Crippen molar-refractivity contribution >= 4 is 21.6 Å². The van der Waals surface area contributed by atoms with Crippen LogP contribution in [0.25, 0.3) is 11.3 Å². The predicted molar refractivity (Wildman–Crippen MR) is 66.4 cm³/mol. The Kier molecular flexibility index (Phi) is 3.11. The van der Waals surface area contributed by atoms with E-state index in [9.17, 15) is 8.78 Å². The molecule has 0 unspecified atom stereocenters. The third-order valence-corrected chi connectivity index (χ3v) is 3.04. The van der Waals surface area contributed by atoms with Crippen molar-refractivity contribution in [2.45, 2.75) is 6.92 Å². The zero-order valence-electron chi connectivity index (χ0n) is 8.97. The highest BCUT2D eigenvalue weighted by atomic mass is 79.9. The number of aromatic nitrogens is 1. The number of rotatable bonds is 1. The molecule has 0 bridgehead atoms. The average molecular weight is 299 g/mol. The Hall–Kier alpha value is -1.49. The molecule has 1 aromatic carbocycles. The number of anilines is 1. The van der Waals surface area contributed by atoms with Crippen LogP contribution in [-0.4, -0.2) is 4.98 Å². The van der Waals surface area contributed by atoms with Gasteiger partial charge < -0.3 is 5.73 Å². The van der Waals surface area contributed by atoms with Crippen LogP contribution >= 0.6 is 15.9 Å². The van der Waals surface area contributed by atoms with Crippen molar-refractivity contribution in [1.29, 1.82) is 0 Å². The first-order valence-electron chi connectivity index (χ1n) is 4.87. The molecular weight excluding hydrogens is 290 g/mol. The minimum absolute atomic E-state index is 0.150. The standard InChI is InChI=1S/C12H9BrF2N2/c1-6-9(16)4-5-10(17-6)11-8(14)3-2-7(13)12(11)15/h2-5H,16H2,1H3. The lowest BCUT2D eigenvalue weighted by Crippen LogP contribution is -1.98. The molecule has 88 valence electrons. The van der Waals surface area contributed by atoms with E-state index < -0.39 is 11.6 Å². The topological polar surface area (TPSA) is 38.9 Å². The number of hydrogen-bond donors (Lipinski definition) is 1. The van der Waals surface area contributed by atoms with E-state index in [0.717, 1.165) is 0 Å². The van der Waals surface area contributed by atoms with Gasteiger partial charge in [-0.05, 0) is 47.1 Å². The smallest absolute Gasteiger partial charge is 0.149 e. The number of nitrogens with zero attached hydrogens (tertiary/aromatic N) is 1. The van der Waals surface area contributed by atoms with Gasteiger partial charge in [-0.3, -0.25) is 4.98 Å². The Morgan fingerprint density at radius 3 is 2.53 bits per heavy atom. The van der Waals surface area contributed by atoms with Crippen molar-refractivity contribution in [1.82, 2.24) is 4.98 Å². The van der Waals surface area contributed by atoms with Crippen LogP contribution in [0.4, 0.5) is 14.5 Å². The van der Waals surface area contributed by atoms with E-state index in [1.165, 1.54) is 18.2 Å². The third-order valence-electron chi connectivity index (χ3n) is 2.43. The minimum atomic E-state index is -0.665. The lowest BCUT2D eigenvalue weighted by Gasteiger charge is -2.07. The van der Waals surface area contributed by atoms with Crippen LogP contribution in [0.3, 0.4) is 0 Å². The number of aryl methyl sites for hydroxylation is 1. The molecule has 1 heterocycles. The van der Waals surface area contributed by atoms with Crippen molar-refractivity contribution in [3.05, 3.63) is 46.1 Å². The first-order chi connectivity index (χ1) is 8.00. The highest BCUT2D eigenvalue weighted by Gasteiger charge is 2.15. The molecule has 0 amide bonds. The molecule has 2 nitrogen and oxygen atoms in total. The van der Waals surface area contributed by atoms with E-state index in [1.54, 1.807) is 13.0 Å². The van der Waals surface area contributed by atoms with Crippen LogP contribution in [0, 0.1) is 18.6 Å². The van der Waals surface area contributed by atoms with Gasteiger partial charge in [0.25, 0.3) is 0 Å². The lowest BCUT2D eigenvalue weighted by atomic mass is 10.1. The van der Waals surface area contributed by atoms with Crippen molar-refractivity contribution in [3.8, 4) is 11.3 Å². The molecule has 2 rings (SSSR count). The molecule has 0 atom stereocenters. The molecule has 5 heteroatoms. The number of benzene rings is 1. The van der Waals surface area contributed by atoms with Gasteiger partial charge in [0.15, 0.2) is 0 Å². The molecular formula is C12H9BrF2N2. The zero-order valence-corrected chi connectivity index (χ0v) is 10.6. The van der Waals surface area contributed by atoms with Gasteiger partial charge in [0.1, 0.15) is 11.6 Å². The largest absolute Gasteiger partial charge is 0.397 e. The second-order valence-electron chi connectivity index (χ2n) is 3.59. The highest BCUT2D eigenvalue weighted by molar-refractivity contribution is 9.10. The summed E-state index contributed by atoms with van der Waals surface area (Å²) in [7, 11) is 0. The molecule has 0 saturated carbocycles. The van der Waals surface area contributed by atoms with Crippen LogP contribution in [0.5, 0.6) is 0 Å². The van der Waals surface area contributed by atoms with Gasteiger partial charge in [-0.2, -0.15) is 0 Å². The molecule has 0 aliphatic heterocycles. The van der Waals surface area contributed by atoms with Crippen LogP contribution in [0.15, 0.2) is 28.7 Å². The zero-order chi connectivity index (χ0) is 12.6. The molecule has 0 spiro atoms. The molecule has 0 radical (unpaired) electrons. The Bertz CT molecular complexity index is 585. The van der Waals surface area contributed by atoms with E-state index in [4.69, 9.17) is 5.73 Å². The third kappa shape index (κ3) is 2.15. The summed E-state index contributed by atoms with van der Waals surface area (Å²) in [5, 5.41) is 0. The van der Waals surface area contributed by atoms with Gasteiger partial charge in [0.2, 0.25) is 0 Å². The van der Waals surface area contributed by atoms with Crippen molar-refractivity contribution in [2.24, 2.45) is 0 Å². The van der Waals surface area contributed by atoms with Crippen molar-refractivity contribution in [2.75, 3.05) is 5.73 Å². The Labute approximate surface area is 106 Å². The lowest BCUT2D eigenvalue weighted by molar-refractivity contribution is 0.584. The van der Waals surface area contributed by atoms with Gasteiger partial charge in [-0.25, -0.2) is 8.78 Å². The second kappa shape index (κ2) is 4.41. The van der Waals surface area contributed by atoms with E-state index in [1.807, 2.05) is 0 Å². The van der Waals surface area contributed by atoms with Gasteiger partial charge in [0, 0.05) is 0 Å². The van der Waals surface area contributed by atoms with Crippen LogP contribution in [0.2, 0.25) is 0 Å². The maximum atomic E-state index is 13.8. The summed E-state index contributed by atoms with van der Waals surface area (Å²) in [6.45, 7) is 1.69. The molecule has 17 heavy (non-hydrogen) atoms. The summed E-state index contributed by atoms with van der Waals surface area (Å²) in [5.74, 6) is -1.32. The Morgan fingerprint density at radius 2 is 1.88 bits per heavy atom. The SMILES string of the molecule is Cc1nc(-c2c(F)ccc(Br)c2F)ccc1N. The molecule has 0 fully saturated rings. The summed E-state index contributed by atoms with van der Waals surface area (Å²) in [6, 6.07) is 5.59. The van der Waals surface area contributed by atoms with Gasteiger partial charge in [-0.1, -0.05) is 0 Å². The summed E-state index contributed by atoms with van der Waals surface area (Å²) >= 11 is 3.02. The normalized spacial score (nSPS) is 10.6. The van der Waals surface area contributed by atoms with Gasteiger partial charge in [-0.15, -0.1) is 0 Å². The van der Waals surface area contributed by atoms with Gasteiger partial charge >= 0.3 is 0 Å². The van der Waals surface area contributed by atoms with E-state index in [-0.39, 0.29) is 15.7 Å². The fraction of sp³-hybridized carbons (Fsp3) is 0.0833. The van der Waals surface area contributed by atoms with E-state index in [2.05, 4.69) is 20.9 Å². The van der Waals surface area contributed by atoms with Crippen LogP contribution in [-0.2, 0) is 0 Å². The van der Waals surface area contributed by atoms with E-state index in [0.29, 0.717) is 11.4 Å². The maximum Gasteiger partial charge on any atom is 0.149 e. The quantitative estimate of drug-likeness (QED) is 0.816. The Balaban J connectivity index is 2.68. The molecule has 0 aliphatic rings. The summed E-state index contributed by atoms with van der Waals surface area (Å²) in [5.41, 5.74) is 6.73. The van der Waals surface area contributed by atoms with Crippen LogP contribution in [0.1, 0.15) is 5.69 Å². The molecule has 0 aliphatic carbocycles. The number of halogens is 3. The summed E-state index contributed by atoms with van der Waals surface area (Å²) in [6.07, 6.45) is 0.